The molecule has 2 aromatic heterocycles. The minimum atomic E-state index is -4.57. The Morgan fingerprint density at radius 3 is 2.47 bits per heavy atom. The maximum Gasteiger partial charge on any atom is 0.436 e. The van der Waals surface area contributed by atoms with Crippen LogP contribution in [-0.2, 0) is 19.3 Å². The molecule has 1 aliphatic carbocycles. The van der Waals surface area contributed by atoms with Crippen molar-refractivity contribution in [3.63, 3.8) is 0 Å². The van der Waals surface area contributed by atoms with Gasteiger partial charge in [-0.05, 0) is 63.0 Å². The molecule has 13 heteroatoms. The minimum absolute atomic E-state index is 0.0446. The van der Waals surface area contributed by atoms with E-state index in [4.69, 9.17) is 47.0 Å². The zero-order chi connectivity index (χ0) is 26.2. The van der Waals surface area contributed by atoms with Crippen LogP contribution < -0.4 is 10.6 Å². The second-order valence-corrected chi connectivity index (χ2v) is 10.3. The van der Waals surface area contributed by atoms with E-state index in [2.05, 4.69) is 20.8 Å². The van der Waals surface area contributed by atoms with Crippen molar-refractivity contribution < 1.29 is 13.2 Å². The summed E-state index contributed by atoms with van der Waals surface area (Å²) in [5, 5.41) is 15.7. The van der Waals surface area contributed by atoms with Crippen molar-refractivity contribution in [2.24, 2.45) is 0 Å². The second kappa shape index (κ2) is 10.8. The van der Waals surface area contributed by atoms with Gasteiger partial charge in [0.15, 0.2) is 10.8 Å². The number of benzene rings is 1. The van der Waals surface area contributed by atoms with E-state index in [-0.39, 0.29) is 10.9 Å². The second-order valence-electron chi connectivity index (χ2n) is 8.73. The molecule has 194 valence electrons. The van der Waals surface area contributed by atoms with Crippen LogP contribution in [0.1, 0.15) is 53.5 Å². The number of rotatable bonds is 8. The van der Waals surface area contributed by atoms with E-state index in [9.17, 15) is 13.2 Å². The lowest BCUT2D eigenvalue weighted by atomic mass is 10.2. The SMILES string of the molecule is Cc1nn(Cc2ccc(Cl)c(Cl)c2)c(C)c1NC(=S)NCCCn1nc(C(F)(F)F)c(Cl)c1C1CC1. The van der Waals surface area contributed by atoms with Gasteiger partial charge in [-0.3, -0.25) is 9.36 Å². The number of alkyl halides is 3. The van der Waals surface area contributed by atoms with Crippen molar-refractivity contribution in [1.82, 2.24) is 24.9 Å². The van der Waals surface area contributed by atoms with Gasteiger partial charge < -0.3 is 10.6 Å². The van der Waals surface area contributed by atoms with E-state index in [1.54, 1.807) is 12.1 Å². The van der Waals surface area contributed by atoms with Gasteiger partial charge in [0, 0.05) is 19.0 Å². The molecule has 1 aliphatic rings. The number of aryl methyl sites for hydroxylation is 2. The third-order valence-electron chi connectivity index (χ3n) is 5.93. The molecule has 4 rings (SSSR count). The van der Waals surface area contributed by atoms with Crippen molar-refractivity contribution in [1.29, 1.82) is 0 Å². The first-order valence-corrected chi connectivity index (χ1v) is 12.9. The van der Waals surface area contributed by atoms with Gasteiger partial charge in [0.2, 0.25) is 0 Å². The molecule has 36 heavy (non-hydrogen) atoms. The van der Waals surface area contributed by atoms with Crippen LogP contribution >= 0.6 is 47.0 Å². The molecule has 0 amide bonds. The van der Waals surface area contributed by atoms with Gasteiger partial charge in [-0.2, -0.15) is 23.4 Å². The Kier molecular flexibility index (Phi) is 8.09. The van der Waals surface area contributed by atoms with E-state index >= 15 is 0 Å². The molecule has 0 unspecified atom stereocenters. The van der Waals surface area contributed by atoms with Crippen LogP contribution in [0.2, 0.25) is 15.1 Å². The summed E-state index contributed by atoms with van der Waals surface area (Å²) < 4.78 is 42.9. The highest BCUT2D eigenvalue weighted by atomic mass is 35.5. The van der Waals surface area contributed by atoms with E-state index < -0.39 is 11.9 Å². The first kappa shape index (κ1) is 27.0. The molecule has 2 heterocycles. The number of halogens is 6. The summed E-state index contributed by atoms with van der Waals surface area (Å²) in [4.78, 5) is 0. The molecular formula is C23H24Cl3F3N6S. The third kappa shape index (κ3) is 6.10. The number of aromatic nitrogens is 4. The Bertz CT molecular complexity index is 1280. The Balaban J connectivity index is 1.33. The standard InChI is InChI=1S/C23H24Cl3F3N6S/c1-12-19(13(2)35(32-12)11-14-4-7-16(24)17(25)10-14)31-22(36)30-8-3-9-34-20(15-5-6-15)18(26)21(33-34)23(27,28)29/h4,7,10,15H,3,5-6,8-9,11H2,1-2H3,(H2,30,31,36). The molecule has 0 atom stereocenters. The minimum Gasteiger partial charge on any atom is -0.362 e. The number of nitrogens with one attached hydrogen (secondary N) is 2. The first-order valence-electron chi connectivity index (χ1n) is 11.3. The maximum absolute atomic E-state index is 13.2. The maximum atomic E-state index is 13.2. The van der Waals surface area contributed by atoms with Gasteiger partial charge in [0.05, 0.1) is 44.4 Å². The third-order valence-corrected chi connectivity index (χ3v) is 7.29. The van der Waals surface area contributed by atoms with Crippen LogP contribution in [0.3, 0.4) is 0 Å². The van der Waals surface area contributed by atoms with Gasteiger partial charge in [-0.25, -0.2) is 0 Å². The van der Waals surface area contributed by atoms with Crippen LogP contribution in [0, 0.1) is 13.8 Å². The molecule has 0 radical (unpaired) electrons. The van der Waals surface area contributed by atoms with E-state index in [1.165, 1.54) is 4.68 Å². The monoisotopic (exact) mass is 578 g/mol. The van der Waals surface area contributed by atoms with Crippen molar-refractivity contribution in [2.75, 3.05) is 11.9 Å². The lowest BCUT2D eigenvalue weighted by Gasteiger charge is -2.12. The Morgan fingerprint density at radius 2 is 1.83 bits per heavy atom. The highest BCUT2D eigenvalue weighted by Crippen LogP contribution is 2.46. The fourth-order valence-electron chi connectivity index (χ4n) is 3.98. The topological polar surface area (TPSA) is 59.7 Å². The normalized spacial score (nSPS) is 13.8. The van der Waals surface area contributed by atoms with Crippen LogP contribution in [0.15, 0.2) is 18.2 Å². The molecule has 6 nitrogen and oxygen atoms in total. The summed E-state index contributed by atoms with van der Waals surface area (Å²) >= 11 is 23.6. The molecule has 0 bridgehead atoms. The van der Waals surface area contributed by atoms with Crippen molar-refractivity contribution in [2.45, 2.75) is 58.3 Å². The smallest absolute Gasteiger partial charge is 0.362 e. The largest absolute Gasteiger partial charge is 0.436 e. The molecule has 2 N–H and O–H groups in total. The summed E-state index contributed by atoms with van der Waals surface area (Å²) in [6.45, 7) is 5.08. The van der Waals surface area contributed by atoms with E-state index in [0.29, 0.717) is 46.9 Å². The summed E-state index contributed by atoms with van der Waals surface area (Å²) in [5.41, 5.74) is 2.88. The van der Waals surface area contributed by atoms with Crippen LogP contribution in [0.4, 0.5) is 18.9 Å². The molecule has 0 saturated heterocycles. The zero-order valence-electron chi connectivity index (χ0n) is 19.5. The van der Waals surface area contributed by atoms with Gasteiger partial charge in [0.1, 0.15) is 0 Å². The molecule has 1 saturated carbocycles. The molecule has 3 aromatic rings. The summed E-state index contributed by atoms with van der Waals surface area (Å²) in [5.74, 6) is 0.0446. The average Bonchev–Trinajstić information content (AvgIpc) is 3.52. The molecular weight excluding hydrogens is 556 g/mol. The van der Waals surface area contributed by atoms with E-state index in [1.807, 2.05) is 24.6 Å². The number of nitrogens with zero attached hydrogens (tertiary/aromatic N) is 4. The molecule has 0 spiro atoms. The summed E-state index contributed by atoms with van der Waals surface area (Å²) in [7, 11) is 0. The lowest BCUT2D eigenvalue weighted by molar-refractivity contribution is -0.141. The summed E-state index contributed by atoms with van der Waals surface area (Å²) in [6.07, 6.45) is -2.40. The van der Waals surface area contributed by atoms with E-state index in [0.717, 1.165) is 35.5 Å². The quantitative estimate of drug-likeness (QED) is 0.223. The highest BCUT2D eigenvalue weighted by molar-refractivity contribution is 7.80. The van der Waals surface area contributed by atoms with Crippen molar-refractivity contribution in [3.8, 4) is 0 Å². The Morgan fingerprint density at radius 1 is 1.11 bits per heavy atom. The number of hydrogen-bond acceptors (Lipinski definition) is 3. The van der Waals surface area contributed by atoms with Crippen molar-refractivity contribution in [3.05, 3.63) is 61.6 Å². The molecule has 0 aliphatic heterocycles. The number of hydrogen-bond donors (Lipinski definition) is 2. The first-order chi connectivity index (χ1) is 17.0. The Labute approximate surface area is 227 Å². The summed E-state index contributed by atoms with van der Waals surface area (Å²) in [6, 6.07) is 5.44. The Hall–Kier alpha value is -2.01. The zero-order valence-corrected chi connectivity index (χ0v) is 22.6. The predicted octanol–water partition coefficient (Wildman–Crippen LogP) is 6.98. The van der Waals surface area contributed by atoms with Gasteiger partial charge >= 0.3 is 6.18 Å². The van der Waals surface area contributed by atoms with Crippen LogP contribution in [0.5, 0.6) is 0 Å². The highest BCUT2D eigenvalue weighted by Gasteiger charge is 2.41. The predicted molar refractivity (Wildman–Crippen MR) is 140 cm³/mol. The fraction of sp³-hybridized carbons (Fsp3) is 0.435. The molecule has 1 fully saturated rings. The molecule has 1 aromatic carbocycles. The number of anilines is 1. The fourth-order valence-corrected chi connectivity index (χ4v) is 4.90. The van der Waals surface area contributed by atoms with Gasteiger partial charge in [0.25, 0.3) is 0 Å². The van der Waals surface area contributed by atoms with Crippen LogP contribution in [0.25, 0.3) is 0 Å². The lowest BCUT2D eigenvalue weighted by Crippen LogP contribution is -2.30. The van der Waals surface area contributed by atoms with Crippen molar-refractivity contribution >= 4 is 57.8 Å². The van der Waals surface area contributed by atoms with Crippen LogP contribution in [-0.4, -0.2) is 31.2 Å². The van der Waals surface area contributed by atoms with Gasteiger partial charge in [-0.15, -0.1) is 0 Å². The average molecular weight is 580 g/mol. The number of thiocarbonyl (C=S) groups is 1. The van der Waals surface area contributed by atoms with Gasteiger partial charge in [-0.1, -0.05) is 40.9 Å².